The zero-order chi connectivity index (χ0) is 15.6. The summed E-state index contributed by atoms with van der Waals surface area (Å²) >= 11 is 0. The van der Waals surface area contributed by atoms with E-state index < -0.39 is 29.5 Å². The van der Waals surface area contributed by atoms with Crippen LogP contribution < -0.4 is 5.56 Å². The van der Waals surface area contributed by atoms with Crippen molar-refractivity contribution in [1.29, 1.82) is 0 Å². The standard InChI is InChI=1S/C15H15NO5/c1-2-7-16-11-6-4-3-5-9(11)10(8-12(17)18)13(14(16)19)15(20)21/h3-6H,2,7-8H2,1H3,(H,17,18)(H,20,21). The van der Waals surface area contributed by atoms with Gasteiger partial charge in [-0.05, 0) is 18.1 Å². The summed E-state index contributed by atoms with van der Waals surface area (Å²) < 4.78 is 1.39. The number of aromatic carboxylic acids is 1. The molecule has 0 aliphatic carbocycles. The summed E-state index contributed by atoms with van der Waals surface area (Å²) in [5.41, 5.74) is -0.489. The first-order valence-corrected chi connectivity index (χ1v) is 6.56. The zero-order valence-corrected chi connectivity index (χ0v) is 11.5. The number of para-hydroxylation sites is 1. The van der Waals surface area contributed by atoms with Crippen LogP contribution in [-0.2, 0) is 17.8 Å². The van der Waals surface area contributed by atoms with Crippen molar-refractivity contribution < 1.29 is 19.8 Å². The molecular weight excluding hydrogens is 274 g/mol. The van der Waals surface area contributed by atoms with Crippen LogP contribution in [0, 0.1) is 0 Å². The van der Waals surface area contributed by atoms with Crippen LogP contribution in [0.2, 0.25) is 0 Å². The highest BCUT2D eigenvalue weighted by molar-refractivity contribution is 5.98. The van der Waals surface area contributed by atoms with Crippen molar-refractivity contribution >= 4 is 22.8 Å². The third-order valence-corrected chi connectivity index (χ3v) is 3.27. The second-order valence-electron chi connectivity index (χ2n) is 4.70. The zero-order valence-electron chi connectivity index (χ0n) is 11.5. The van der Waals surface area contributed by atoms with E-state index in [0.717, 1.165) is 0 Å². The number of hydrogen-bond donors (Lipinski definition) is 2. The highest BCUT2D eigenvalue weighted by Crippen LogP contribution is 2.21. The molecule has 0 aliphatic heterocycles. The molecule has 110 valence electrons. The van der Waals surface area contributed by atoms with Gasteiger partial charge in [0, 0.05) is 11.9 Å². The first kappa shape index (κ1) is 14.8. The van der Waals surface area contributed by atoms with Crippen LogP contribution in [0.3, 0.4) is 0 Å². The topological polar surface area (TPSA) is 96.6 Å². The number of pyridine rings is 1. The van der Waals surface area contributed by atoms with Crippen molar-refractivity contribution in [2.45, 2.75) is 26.3 Å². The minimum Gasteiger partial charge on any atom is -0.481 e. The van der Waals surface area contributed by atoms with Crippen LogP contribution in [0.15, 0.2) is 29.1 Å². The van der Waals surface area contributed by atoms with Gasteiger partial charge in [-0.25, -0.2) is 4.79 Å². The van der Waals surface area contributed by atoms with E-state index in [2.05, 4.69) is 0 Å². The smallest absolute Gasteiger partial charge is 0.341 e. The Morgan fingerprint density at radius 1 is 1.19 bits per heavy atom. The quantitative estimate of drug-likeness (QED) is 0.873. The van der Waals surface area contributed by atoms with Crippen LogP contribution in [-0.4, -0.2) is 26.7 Å². The van der Waals surface area contributed by atoms with E-state index in [1.165, 1.54) is 4.57 Å². The summed E-state index contributed by atoms with van der Waals surface area (Å²) in [5, 5.41) is 18.8. The monoisotopic (exact) mass is 289 g/mol. The van der Waals surface area contributed by atoms with Crippen LogP contribution in [0.25, 0.3) is 10.9 Å². The van der Waals surface area contributed by atoms with Crippen molar-refractivity contribution in [1.82, 2.24) is 4.57 Å². The lowest BCUT2D eigenvalue weighted by molar-refractivity contribution is -0.136. The predicted molar refractivity (Wildman–Crippen MR) is 76.8 cm³/mol. The maximum atomic E-state index is 12.4. The van der Waals surface area contributed by atoms with Crippen molar-refractivity contribution in [2.24, 2.45) is 0 Å². The van der Waals surface area contributed by atoms with Crippen molar-refractivity contribution in [3.05, 3.63) is 45.7 Å². The summed E-state index contributed by atoms with van der Waals surface area (Å²) in [5.74, 6) is -2.57. The van der Waals surface area contributed by atoms with E-state index >= 15 is 0 Å². The molecule has 0 fully saturated rings. The molecule has 2 N–H and O–H groups in total. The van der Waals surface area contributed by atoms with E-state index in [-0.39, 0.29) is 5.56 Å². The number of carbonyl (C=O) groups is 2. The fraction of sp³-hybridized carbons (Fsp3) is 0.267. The number of fused-ring (bicyclic) bond motifs is 1. The van der Waals surface area contributed by atoms with E-state index in [9.17, 15) is 19.5 Å². The van der Waals surface area contributed by atoms with Crippen LogP contribution in [0.5, 0.6) is 0 Å². The fourth-order valence-corrected chi connectivity index (χ4v) is 2.47. The summed E-state index contributed by atoms with van der Waals surface area (Å²) in [6, 6.07) is 6.77. The molecule has 2 aromatic rings. The lowest BCUT2D eigenvalue weighted by atomic mass is 10.00. The molecule has 1 heterocycles. The Morgan fingerprint density at radius 3 is 2.43 bits per heavy atom. The van der Waals surface area contributed by atoms with Gasteiger partial charge < -0.3 is 14.8 Å². The summed E-state index contributed by atoms with van der Waals surface area (Å²) in [4.78, 5) is 34.8. The highest BCUT2D eigenvalue weighted by Gasteiger charge is 2.22. The van der Waals surface area contributed by atoms with Gasteiger partial charge >= 0.3 is 11.9 Å². The number of rotatable bonds is 5. The molecule has 0 saturated heterocycles. The molecule has 2 rings (SSSR count). The van der Waals surface area contributed by atoms with E-state index in [0.29, 0.717) is 23.9 Å². The molecule has 0 aliphatic rings. The maximum absolute atomic E-state index is 12.4. The predicted octanol–water partition coefficient (Wildman–Crippen LogP) is 1.74. The van der Waals surface area contributed by atoms with Crippen LogP contribution in [0.1, 0.15) is 29.3 Å². The average molecular weight is 289 g/mol. The Labute approximate surface area is 120 Å². The lowest BCUT2D eigenvalue weighted by Gasteiger charge is -2.14. The number of aromatic nitrogens is 1. The number of carboxylic acids is 2. The fourth-order valence-electron chi connectivity index (χ4n) is 2.47. The van der Waals surface area contributed by atoms with E-state index in [1.54, 1.807) is 24.3 Å². The molecule has 0 atom stereocenters. The van der Waals surface area contributed by atoms with Gasteiger partial charge in [0.1, 0.15) is 5.56 Å². The number of nitrogens with zero attached hydrogens (tertiary/aromatic N) is 1. The van der Waals surface area contributed by atoms with E-state index in [1.807, 2.05) is 6.92 Å². The van der Waals surface area contributed by atoms with Gasteiger partial charge in [0.25, 0.3) is 5.56 Å². The molecule has 0 spiro atoms. The minimum atomic E-state index is -1.40. The van der Waals surface area contributed by atoms with Crippen molar-refractivity contribution in [3.8, 4) is 0 Å². The highest BCUT2D eigenvalue weighted by atomic mass is 16.4. The summed E-state index contributed by atoms with van der Waals surface area (Å²) in [6.07, 6.45) is 0.172. The Hall–Kier alpha value is -2.63. The number of benzene rings is 1. The van der Waals surface area contributed by atoms with Gasteiger partial charge in [-0.2, -0.15) is 0 Å². The van der Waals surface area contributed by atoms with Crippen molar-refractivity contribution in [2.75, 3.05) is 0 Å². The molecule has 0 bridgehead atoms. The molecule has 0 radical (unpaired) electrons. The number of hydrogen-bond acceptors (Lipinski definition) is 3. The summed E-state index contributed by atoms with van der Waals surface area (Å²) in [7, 11) is 0. The number of carboxylic acid groups (broad SMARTS) is 2. The van der Waals surface area contributed by atoms with E-state index in [4.69, 9.17) is 5.11 Å². The average Bonchev–Trinajstić information content (AvgIpc) is 2.42. The van der Waals surface area contributed by atoms with Gasteiger partial charge in [-0.1, -0.05) is 25.1 Å². The van der Waals surface area contributed by atoms with Gasteiger partial charge in [0.2, 0.25) is 0 Å². The Bertz CT molecular complexity index is 775. The molecule has 0 amide bonds. The number of aliphatic carboxylic acids is 1. The molecule has 1 aromatic carbocycles. The summed E-state index contributed by atoms with van der Waals surface area (Å²) in [6.45, 7) is 2.26. The third-order valence-electron chi connectivity index (χ3n) is 3.27. The second-order valence-corrected chi connectivity index (χ2v) is 4.70. The molecule has 6 nitrogen and oxygen atoms in total. The molecule has 6 heteroatoms. The first-order chi connectivity index (χ1) is 9.97. The van der Waals surface area contributed by atoms with Crippen LogP contribution in [0.4, 0.5) is 0 Å². The molecule has 21 heavy (non-hydrogen) atoms. The largest absolute Gasteiger partial charge is 0.481 e. The third kappa shape index (κ3) is 2.65. The minimum absolute atomic E-state index is 0.0583. The normalized spacial score (nSPS) is 10.7. The maximum Gasteiger partial charge on any atom is 0.341 e. The molecular formula is C15H15NO5. The van der Waals surface area contributed by atoms with Gasteiger partial charge in [-0.3, -0.25) is 9.59 Å². The lowest BCUT2D eigenvalue weighted by Crippen LogP contribution is -2.29. The number of aryl methyl sites for hydroxylation is 1. The van der Waals surface area contributed by atoms with Gasteiger partial charge in [0.15, 0.2) is 0 Å². The molecule has 0 saturated carbocycles. The first-order valence-electron chi connectivity index (χ1n) is 6.56. The van der Waals surface area contributed by atoms with Crippen LogP contribution >= 0.6 is 0 Å². The van der Waals surface area contributed by atoms with Crippen molar-refractivity contribution in [3.63, 3.8) is 0 Å². The Morgan fingerprint density at radius 2 is 1.86 bits per heavy atom. The van der Waals surface area contributed by atoms with Gasteiger partial charge in [0.05, 0.1) is 11.9 Å². The Kier molecular flexibility index (Phi) is 4.07. The second kappa shape index (κ2) is 5.78. The SMILES string of the molecule is CCCn1c(=O)c(C(=O)O)c(CC(=O)O)c2ccccc21. The Balaban J connectivity index is 2.95. The molecule has 0 unspecified atom stereocenters. The van der Waals surface area contributed by atoms with Gasteiger partial charge in [-0.15, -0.1) is 0 Å². The molecule has 1 aromatic heterocycles.